The molecule has 288 valence electrons. The van der Waals surface area contributed by atoms with Gasteiger partial charge in [-0.1, -0.05) is 71.2 Å². The fraction of sp³-hybridized carbons (Fsp3) is 0.286. The molecule has 4 aliphatic heterocycles. The topological polar surface area (TPSA) is 116 Å². The van der Waals surface area contributed by atoms with Gasteiger partial charge in [-0.15, -0.1) is 0 Å². The van der Waals surface area contributed by atoms with Gasteiger partial charge < -0.3 is 9.80 Å². The van der Waals surface area contributed by atoms with Crippen molar-refractivity contribution in [3.8, 4) is 6.07 Å². The molecule has 0 saturated carbocycles. The van der Waals surface area contributed by atoms with Gasteiger partial charge in [0.2, 0.25) is 0 Å². The van der Waals surface area contributed by atoms with Crippen molar-refractivity contribution < 1.29 is 19.2 Å². The molecule has 15 heteroatoms. The quantitative estimate of drug-likeness (QED) is 0.146. The number of nitriles is 1. The lowest BCUT2D eigenvalue weighted by atomic mass is 9.80. The SMILES string of the molecule is [C-]#[N+]c1ccc([C@H]2CN(CN3C[C@@H](c4ccc(C#N)cc4)[C@]4(C3)C(=O)N(c3cc(Cl)cc(Cl)c3)C(=O)N4C)C[C@@]23C(=O)N(c2cc(C)cc(Cl)c2)C(=O)N3C)cc1. The van der Waals surface area contributed by atoms with Crippen LogP contribution in [-0.4, -0.2) is 101 Å². The number of carbonyl (C=O) groups is 4. The minimum absolute atomic E-state index is 0.147. The number of likely N-dealkylation sites (tertiary alicyclic amines) is 2. The highest BCUT2D eigenvalue weighted by atomic mass is 35.5. The van der Waals surface area contributed by atoms with E-state index in [0.717, 1.165) is 21.6 Å². The number of anilines is 2. The van der Waals surface area contributed by atoms with E-state index in [0.29, 0.717) is 35.1 Å². The molecule has 0 aliphatic carbocycles. The Morgan fingerprint density at radius 3 is 1.58 bits per heavy atom. The molecule has 0 N–H and O–H groups in total. The molecular weight excluding hydrogens is 787 g/mol. The maximum Gasteiger partial charge on any atom is 0.332 e. The molecule has 4 fully saturated rings. The van der Waals surface area contributed by atoms with Gasteiger partial charge in [-0.25, -0.2) is 24.2 Å². The van der Waals surface area contributed by atoms with Crippen molar-refractivity contribution >= 4 is 75.7 Å². The molecule has 8 rings (SSSR count). The number of hydrogen-bond acceptors (Lipinski definition) is 7. The first-order chi connectivity index (χ1) is 27.2. The van der Waals surface area contributed by atoms with Crippen LogP contribution in [0.5, 0.6) is 0 Å². The zero-order chi connectivity index (χ0) is 40.6. The van der Waals surface area contributed by atoms with Crippen molar-refractivity contribution in [1.29, 1.82) is 5.26 Å². The number of likely N-dealkylation sites (N-methyl/N-ethyl adjacent to an activating group) is 2. The number of halogens is 3. The van der Waals surface area contributed by atoms with Crippen LogP contribution in [-0.2, 0) is 9.59 Å². The summed E-state index contributed by atoms with van der Waals surface area (Å²) < 4.78 is 0. The molecule has 4 saturated heterocycles. The molecule has 2 spiro atoms. The number of benzene rings is 4. The van der Waals surface area contributed by atoms with Crippen molar-refractivity contribution in [3.63, 3.8) is 0 Å². The van der Waals surface area contributed by atoms with Gasteiger partial charge in [0.05, 0.1) is 36.2 Å². The monoisotopic (exact) mass is 820 g/mol. The smallest absolute Gasteiger partial charge is 0.310 e. The third-order valence-electron chi connectivity index (χ3n) is 11.9. The van der Waals surface area contributed by atoms with Crippen LogP contribution < -0.4 is 9.80 Å². The van der Waals surface area contributed by atoms with E-state index >= 15 is 0 Å². The number of amides is 6. The average molecular weight is 822 g/mol. The second kappa shape index (κ2) is 14.2. The summed E-state index contributed by atoms with van der Waals surface area (Å²) in [6.45, 7) is 10.6. The fourth-order valence-electron chi connectivity index (χ4n) is 9.25. The van der Waals surface area contributed by atoms with E-state index in [1.165, 1.54) is 32.9 Å². The summed E-state index contributed by atoms with van der Waals surface area (Å²) >= 11 is 19.1. The molecule has 0 aromatic heterocycles. The minimum Gasteiger partial charge on any atom is -0.310 e. The summed E-state index contributed by atoms with van der Waals surface area (Å²) in [5.41, 5.74) is 1.22. The standard InChI is InChI=1S/C42H35Cl3N8O4/c1-25-13-29(43)16-33(14-25)52-37(54)42(48(3)39(52)56)23-51(21-36(42)28-9-11-32(47-2)12-10-28)24-50-20-35(27-7-5-26(19-46)6-8-27)41(22-50)38(55)53(40(57)49(41)4)34-17-30(44)15-31(45)18-34/h5-18,35-36H,20-24H2,1,3-4H3/t35-,36+,41+,42-/m0/s1. The second-order valence-electron chi connectivity index (χ2n) is 15.1. The summed E-state index contributed by atoms with van der Waals surface area (Å²) in [5.74, 6) is -1.84. The fourth-order valence-corrected chi connectivity index (χ4v) is 10.1. The van der Waals surface area contributed by atoms with Crippen molar-refractivity contribution in [3.05, 3.63) is 134 Å². The normalized spacial score (nSPS) is 25.1. The molecule has 57 heavy (non-hydrogen) atoms. The zero-order valence-corrected chi connectivity index (χ0v) is 33.4. The van der Waals surface area contributed by atoms with Crippen LogP contribution in [0.2, 0.25) is 15.1 Å². The Bertz CT molecular complexity index is 2240. The maximum atomic E-state index is 14.9. The third kappa shape index (κ3) is 6.03. The van der Waals surface area contributed by atoms with Crippen LogP contribution >= 0.6 is 34.8 Å². The minimum atomic E-state index is -1.36. The summed E-state index contributed by atoms with van der Waals surface area (Å²) in [6.07, 6.45) is 0. The largest absolute Gasteiger partial charge is 0.332 e. The molecular formula is C42H35Cl3N8O4. The van der Waals surface area contributed by atoms with Crippen molar-refractivity contribution in [2.45, 2.75) is 29.8 Å². The van der Waals surface area contributed by atoms with E-state index < -0.39 is 40.9 Å². The van der Waals surface area contributed by atoms with Crippen LogP contribution in [0.15, 0.2) is 84.9 Å². The number of rotatable bonds is 6. The number of aryl methyl sites for hydroxylation is 1. The Morgan fingerprint density at radius 2 is 1.14 bits per heavy atom. The number of hydrogen-bond donors (Lipinski definition) is 0. The van der Waals surface area contributed by atoms with Gasteiger partial charge in [0.15, 0.2) is 5.69 Å². The van der Waals surface area contributed by atoms with Gasteiger partial charge in [0, 0.05) is 67.2 Å². The summed E-state index contributed by atoms with van der Waals surface area (Å²) in [4.78, 5) is 71.1. The van der Waals surface area contributed by atoms with Gasteiger partial charge in [-0.2, -0.15) is 5.26 Å². The van der Waals surface area contributed by atoms with Crippen molar-refractivity contribution in [1.82, 2.24) is 19.6 Å². The lowest BCUT2D eigenvalue weighted by Crippen LogP contribution is -2.55. The number of nitrogens with zero attached hydrogens (tertiary/aromatic N) is 8. The number of carbonyl (C=O) groups excluding carboxylic acids is 4. The van der Waals surface area contributed by atoms with Gasteiger partial charge in [0.1, 0.15) is 11.1 Å². The molecule has 4 heterocycles. The van der Waals surface area contributed by atoms with Crippen LogP contribution in [0.1, 0.15) is 34.1 Å². The Kier molecular flexibility index (Phi) is 9.55. The van der Waals surface area contributed by atoms with Crippen molar-refractivity contribution in [2.75, 3.05) is 56.7 Å². The Labute approximate surface area is 344 Å². The first-order valence-corrected chi connectivity index (χ1v) is 19.3. The van der Waals surface area contributed by atoms with Gasteiger partial charge in [-0.3, -0.25) is 19.4 Å². The average Bonchev–Trinajstić information content (AvgIpc) is 3.86. The lowest BCUT2D eigenvalue weighted by molar-refractivity contribution is -0.125. The highest BCUT2D eigenvalue weighted by Crippen LogP contribution is 2.49. The Hall–Kier alpha value is -5.47. The van der Waals surface area contributed by atoms with Crippen LogP contribution in [0.3, 0.4) is 0 Å². The molecule has 4 atom stereocenters. The summed E-state index contributed by atoms with van der Waals surface area (Å²) in [5, 5.41) is 10.5. The Morgan fingerprint density at radius 1 is 0.702 bits per heavy atom. The number of urea groups is 2. The molecule has 0 radical (unpaired) electrons. The second-order valence-corrected chi connectivity index (χ2v) is 16.4. The summed E-state index contributed by atoms with van der Waals surface area (Å²) in [7, 11) is 3.26. The molecule has 4 aromatic rings. The van der Waals surface area contributed by atoms with Gasteiger partial charge >= 0.3 is 12.1 Å². The zero-order valence-electron chi connectivity index (χ0n) is 31.1. The molecule has 0 unspecified atom stereocenters. The van der Waals surface area contributed by atoms with Gasteiger partial charge in [-0.05, 0) is 72.1 Å². The number of imide groups is 2. The molecule has 4 aliphatic rings. The van der Waals surface area contributed by atoms with E-state index in [1.54, 1.807) is 56.6 Å². The van der Waals surface area contributed by atoms with Gasteiger partial charge in [0.25, 0.3) is 11.8 Å². The van der Waals surface area contributed by atoms with E-state index in [4.69, 9.17) is 41.4 Å². The maximum absolute atomic E-state index is 14.9. The van der Waals surface area contributed by atoms with Crippen LogP contribution in [0.25, 0.3) is 4.85 Å². The van der Waals surface area contributed by atoms with E-state index in [9.17, 15) is 24.4 Å². The molecule has 0 bridgehead atoms. The molecule has 12 nitrogen and oxygen atoms in total. The van der Waals surface area contributed by atoms with E-state index in [1.807, 2.05) is 31.2 Å². The van der Waals surface area contributed by atoms with Crippen molar-refractivity contribution in [2.24, 2.45) is 0 Å². The highest BCUT2D eigenvalue weighted by Gasteiger charge is 2.67. The van der Waals surface area contributed by atoms with E-state index in [-0.39, 0.29) is 41.4 Å². The van der Waals surface area contributed by atoms with Crippen LogP contribution in [0, 0.1) is 24.8 Å². The van der Waals surface area contributed by atoms with Crippen LogP contribution in [0.4, 0.5) is 26.7 Å². The first kappa shape index (κ1) is 38.4. The predicted molar refractivity (Wildman–Crippen MR) is 217 cm³/mol. The summed E-state index contributed by atoms with van der Waals surface area (Å²) in [6, 6.07) is 24.9. The Balaban J connectivity index is 1.17. The first-order valence-electron chi connectivity index (χ1n) is 18.1. The highest BCUT2D eigenvalue weighted by molar-refractivity contribution is 6.36. The third-order valence-corrected chi connectivity index (χ3v) is 12.6. The lowest BCUT2D eigenvalue weighted by Gasteiger charge is -2.34. The van der Waals surface area contributed by atoms with E-state index in [2.05, 4.69) is 20.7 Å². The predicted octanol–water partition coefficient (Wildman–Crippen LogP) is 7.51. The molecule has 6 amide bonds. The molecule has 4 aromatic carbocycles.